The summed E-state index contributed by atoms with van der Waals surface area (Å²) >= 11 is 0. The van der Waals surface area contributed by atoms with E-state index in [0.717, 1.165) is 23.7 Å². The Morgan fingerprint density at radius 2 is 2.21 bits per heavy atom. The first kappa shape index (κ1) is 12.4. The largest absolute Gasteiger partial charge is 0.325 e. The van der Waals surface area contributed by atoms with E-state index in [9.17, 15) is 0 Å². The fourth-order valence-electron chi connectivity index (χ4n) is 3.18. The molecule has 1 aromatic carbocycles. The minimum absolute atomic E-state index is 0.398. The van der Waals surface area contributed by atoms with Crippen molar-refractivity contribution in [2.24, 2.45) is 5.92 Å². The molecule has 1 N–H and O–H groups in total. The fourth-order valence-corrected chi connectivity index (χ4v) is 3.18. The van der Waals surface area contributed by atoms with Crippen molar-refractivity contribution in [3.05, 3.63) is 30.1 Å². The molecule has 0 radical (unpaired) electrons. The second kappa shape index (κ2) is 5.16. The molecule has 3 heteroatoms. The first-order valence-electron chi connectivity index (χ1n) is 7.22. The van der Waals surface area contributed by atoms with Crippen LogP contribution in [0.2, 0.25) is 0 Å². The second-order valence-electron chi connectivity index (χ2n) is 5.64. The van der Waals surface area contributed by atoms with Crippen molar-refractivity contribution in [2.75, 3.05) is 0 Å². The zero-order valence-corrected chi connectivity index (χ0v) is 11.5. The van der Waals surface area contributed by atoms with Gasteiger partial charge in [0.2, 0.25) is 0 Å². The average Bonchev–Trinajstić information content (AvgIpc) is 2.68. The number of fused-ring (bicyclic) bond motifs is 1. The highest BCUT2D eigenvalue weighted by Crippen LogP contribution is 2.36. The molecule has 2 aromatic rings. The summed E-state index contributed by atoms with van der Waals surface area (Å²) in [6.45, 7) is 2.08. The van der Waals surface area contributed by atoms with E-state index in [1.807, 2.05) is 6.07 Å². The monoisotopic (exact) mass is 255 g/mol. The fraction of sp³-hybridized carbons (Fsp3) is 0.500. The highest BCUT2D eigenvalue weighted by molar-refractivity contribution is 5.76. The molecule has 1 aromatic heterocycles. The topological polar surface area (TPSA) is 41.7 Å². The normalized spacial score (nSPS) is 17.3. The molecular weight excluding hydrogens is 234 g/mol. The van der Waals surface area contributed by atoms with Gasteiger partial charge in [-0.2, -0.15) is 0 Å². The Labute approximate surface area is 114 Å². The van der Waals surface area contributed by atoms with Crippen LogP contribution in [0.5, 0.6) is 0 Å². The molecule has 1 aliphatic rings. The number of rotatable bonds is 5. The smallest absolute Gasteiger partial charge is 0.106 e. The van der Waals surface area contributed by atoms with E-state index in [1.54, 1.807) is 6.21 Å². The molecule has 0 spiro atoms. The predicted molar refractivity (Wildman–Crippen MR) is 78.9 cm³/mol. The lowest BCUT2D eigenvalue weighted by Crippen LogP contribution is -2.20. The zero-order chi connectivity index (χ0) is 13.2. The quantitative estimate of drug-likeness (QED) is 0.802. The van der Waals surface area contributed by atoms with E-state index in [0.29, 0.717) is 6.04 Å². The molecule has 1 atom stereocenters. The van der Waals surface area contributed by atoms with Gasteiger partial charge >= 0.3 is 0 Å². The summed E-state index contributed by atoms with van der Waals surface area (Å²) < 4.78 is 2.35. The van der Waals surface area contributed by atoms with Crippen molar-refractivity contribution in [2.45, 2.75) is 45.1 Å². The van der Waals surface area contributed by atoms with Crippen molar-refractivity contribution >= 4 is 17.2 Å². The van der Waals surface area contributed by atoms with Gasteiger partial charge in [-0.05, 0) is 37.6 Å². The van der Waals surface area contributed by atoms with Crippen LogP contribution in [0.25, 0.3) is 11.0 Å². The number of nitrogens with zero attached hydrogens (tertiary/aromatic N) is 2. The van der Waals surface area contributed by atoms with Crippen LogP contribution in [0.1, 0.15) is 44.0 Å². The molecular formula is C16H21N3. The molecule has 0 bridgehead atoms. The van der Waals surface area contributed by atoms with E-state index < -0.39 is 0 Å². The van der Waals surface area contributed by atoms with Gasteiger partial charge in [0.15, 0.2) is 0 Å². The third kappa shape index (κ3) is 2.29. The maximum atomic E-state index is 7.47. The van der Waals surface area contributed by atoms with Crippen molar-refractivity contribution in [3.63, 3.8) is 0 Å². The Hall–Kier alpha value is -1.64. The summed E-state index contributed by atoms with van der Waals surface area (Å²) in [6, 6.07) is 8.73. The third-order valence-corrected chi connectivity index (χ3v) is 4.36. The van der Waals surface area contributed by atoms with Crippen LogP contribution >= 0.6 is 0 Å². The predicted octanol–water partition coefficient (Wildman–Crippen LogP) is 4.12. The van der Waals surface area contributed by atoms with Gasteiger partial charge in [0.25, 0.3) is 0 Å². The van der Waals surface area contributed by atoms with Crippen LogP contribution in [0.3, 0.4) is 0 Å². The number of aryl methyl sites for hydroxylation is 1. The summed E-state index contributed by atoms with van der Waals surface area (Å²) in [5.74, 6) is 1.93. The summed E-state index contributed by atoms with van der Waals surface area (Å²) in [4.78, 5) is 4.66. The molecule has 19 heavy (non-hydrogen) atoms. The summed E-state index contributed by atoms with van der Waals surface area (Å²) in [5, 5.41) is 7.47. The minimum Gasteiger partial charge on any atom is -0.325 e. The van der Waals surface area contributed by atoms with Crippen LogP contribution in [0, 0.1) is 18.3 Å². The molecule has 3 nitrogen and oxygen atoms in total. The van der Waals surface area contributed by atoms with Crippen LogP contribution in [-0.2, 0) is 0 Å². The Kier molecular flexibility index (Phi) is 3.36. The zero-order valence-electron chi connectivity index (χ0n) is 11.5. The maximum Gasteiger partial charge on any atom is 0.106 e. The molecule has 0 saturated heterocycles. The first-order chi connectivity index (χ1) is 9.29. The minimum atomic E-state index is 0.398. The van der Waals surface area contributed by atoms with Crippen LogP contribution in [0.4, 0.5) is 0 Å². The van der Waals surface area contributed by atoms with Crippen molar-refractivity contribution in [3.8, 4) is 0 Å². The van der Waals surface area contributed by atoms with E-state index in [-0.39, 0.29) is 0 Å². The molecule has 1 unspecified atom stereocenters. The van der Waals surface area contributed by atoms with Gasteiger partial charge in [-0.1, -0.05) is 31.4 Å². The summed E-state index contributed by atoms with van der Waals surface area (Å²) in [5.41, 5.74) is 2.29. The standard InChI is InChI=1S/C16H21N3/c1-12-18-15-7-2-3-8-16(15)19(12)14(9-10-17)11-13-5-4-6-13/h2-3,7-8,10,13-14,17H,4-6,9,11H2,1H3. The van der Waals surface area contributed by atoms with Crippen LogP contribution < -0.4 is 0 Å². The molecule has 100 valence electrons. The van der Waals surface area contributed by atoms with Gasteiger partial charge < -0.3 is 9.98 Å². The Balaban J connectivity index is 1.97. The van der Waals surface area contributed by atoms with E-state index in [4.69, 9.17) is 5.41 Å². The highest BCUT2D eigenvalue weighted by Gasteiger charge is 2.24. The van der Waals surface area contributed by atoms with Crippen molar-refractivity contribution < 1.29 is 0 Å². The molecule has 1 aliphatic carbocycles. The van der Waals surface area contributed by atoms with Gasteiger partial charge in [-0.3, -0.25) is 0 Å². The molecule has 1 saturated carbocycles. The number of imidazole rings is 1. The average molecular weight is 255 g/mol. The van der Waals surface area contributed by atoms with E-state index >= 15 is 0 Å². The highest BCUT2D eigenvalue weighted by atomic mass is 15.1. The van der Waals surface area contributed by atoms with E-state index in [2.05, 4.69) is 34.7 Å². The lowest BCUT2D eigenvalue weighted by Gasteiger charge is -2.30. The Bertz CT molecular complexity index is 581. The molecule has 0 aliphatic heterocycles. The number of benzene rings is 1. The number of para-hydroxylation sites is 2. The molecule has 3 rings (SSSR count). The third-order valence-electron chi connectivity index (χ3n) is 4.36. The number of nitrogens with one attached hydrogen (secondary N) is 1. The second-order valence-corrected chi connectivity index (χ2v) is 5.64. The Morgan fingerprint density at radius 3 is 2.89 bits per heavy atom. The SMILES string of the molecule is Cc1nc2ccccc2n1C(CC=N)CC1CCC1. The Morgan fingerprint density at radius 1 is 1.42 bits per heavy atom. The lowest BCUT2D eigenvalue weighted by atomic mass is 9.80. The summed E-state index contributed by atoms with van der Waals surface area (Å²) in [7, 11) is 0. The summed E-state index contributed by atoms with van der Waals surface area (Å²) in [6.07, 6.45) is 7.66. The maximum absolute atomic E-state index is 7.47. The molecule has 0 amide bonds. The number of aromatic nitrogens is 2. The van der Waals surface area contributed by atoms with Gasteiger partial charge in [0.05, 0.1) is 11.0 Å². The number of hydrogen-bond donors (Lipinski definition) is 1. The first-order valence-corrected chi connectivity index (χ1v) is 7.22. The van der Waals surface area contributed by atoms with Gasteiger partial charge in [0.1, 0.15) is 5.82 Å². The lowest BCUT2D eigenvalue weighted by molar-refractivity contribution is 0.253. The van der Waals surface area contributed by atoms with Crippen LogP contribution in [0.15, 0.2) is 24.3 Å². The number of hydrogen-bond acceptors (Lipinski definition) is 2. The molecule has 1 heterocycles. The van der Waals surface area contributed by atoms with Crippen molar-refractivity contribution in [1.82, 2.24) is 9.55 Å². The van der Waals surface area contributed by atoms with Gasteiger partial charge in [0, 0.05) is 12.5 Å². The molecule has 1 fully saturated rings. The van der Waals surface area contributed by atoms with E-state index in [1.165, 1.54) is 31.2 Å². The van der Waals surface area contributed by atoms with Crippen molar-refractivity contribution in [1.29, 1.82) is 5.41 Å². The van der Waals surface area contributed by atoms with Crippen LogP contribution in [-0.4, -0.2) is 15.8 Å². The van der Waals surface area contributed by atoms with Gasteiger partial charge in [-0.25, -0.2) is 4.98 Å². The van der Waals surface area contributed by atoms with Gasteiger partial charge in [-0.15, -0.1) is 0 Å².